The minimum Gasteiger partial charge on any atom is -0.0610 e. The van der Waals surface area contributed by atoms with Gasteiger partial charge in [0.1, 0.15) is 0 Å². The standard InChI is InChI=1S/C48H38/c1-31-11-19-35(20-12-31)41-7-5-9-43-45(37-23-15-33(3)16-24-37)27-39(29-47(41)43)40-28-46(38-25-17-34(4)18-26-38)44-10-6-8-42(48(44)30-40)36-21-13-32(2)14-22-36/h5-30H,1-4H3. The van der Waals surface area contributed by atoms with E-state index >= 15 is 0 Å². The predicted octanol–water partition coefficient (Wildman–Crippen LogP) is 13.6. The van der Waals surface area contributed by atoms with Gasteiger partial charge in [-0.3, -0.25) is 0 Å². The zero-order valence-corrected chi connectivity index (χ0v) is 28.0. The lowest BCUT2D eigenvalue weighted by Crippen LogP contribution is -1.91. The maximum Gasteiger partial charge on any atom is -0.00930 e. The highest BCUT2D eigenvalue weighted by Crippen LogP contribution is 2.43. The van der Waals surface area contributed by atoms with Crippen molar-refractivity contribution in [3.05, 3.63) is 180 Å². The van der Waals surface area contributed by atoms with Crippen LogP contribution in [0.2, 0.25) is 0 Å². The average Bonchev–Trinajstić information content (AvgIpc) is 3.12. The van der Waals surface area contributed by atoms with E-state index in [0.29, 0.717) is 0 Å². The van der Waals surface area contributed by atoms with E-state index in [0.717, 1.165) is 0 Å². The smallest absolute Gasteiger partial charge is 0.00930 e. The number of aryl methyl sites for hydroxylation is 4. The molecule has 0 unspecified atom stereocenters. The van der Waals surface area contributed by atoms with Crippen molar-refractivity contribution in [2.24, 2.45) is 0 Å². The van der Waals surface area contributed by atoms with Gasteiger partial charge < -0.3 is 0 Å². The van der Waals surface area contributed by atoms with E-state index in [4.69, 9.17) is 0 Å². The first-order valence-corrected chi connectivity index (χ1v) is 16.8. The second kappa shape index (κ2) is 12.1. The third-order valence-electron chi connectivity index (χ3n) is 9.78. The average molecular weight is 615 g/mol. The van der Waals surface area contributed by atoms with Crippen LogP contribution in [0.1, 0.15) is 22.3 Å². The third-order valence-corrected chi connectivity index (χ3v) is 9.78. The van der Waals surface area contributed by atoms with Crippen LogP contribution in [-0.2, 0) is 0 Å². The molecule has 0 atom stereocenters. The van der Waals surface area contributed by atoms with Gasteiger partial charge >= 0.3 is 0 Å². The van der Waals surface area contributed by atoms with Crippen molar-refractivity contribution >= 4 is 21.5 Å². The largest absolute Gasteiger partial charge is 0.0610 e. The molecule has 8 aromatic rings. The molecule has 0 aromatic heterocycles. The van der Waals surface area contributed by atoms with Crippen molar-refractivity contribution in [2.45, 2.75) is 27.7 Å². The zero-order valence-electron chi connectivity index (χ0n) is 28.0. The lowest BCUT2D eigenvalue weighted by atomic mass is 9.86. The summed E-state index contributed by atoms with van der Waals surface area (Å²) in [5.74, 6) is 0. The highest BCUT2D eigenvalue weighted by atomic mass is 14.2. The zero-order chi connectivity index (χ0) is 32.8. The monoisotopic (exact) mass is 614 g/mol. The van der Waals surface area contributed by atoms with Crippen molar-refractivity contribution < 1.29 is 0 Å². The lowest BCUT2D eigenvalue weighted by molar-refractivity contribution is 1.47. The Balaban J connectivity index is 1.45. The van der Waals surface area contributed by atoms with Gasteiger partial charge in [-0.1, -0.05) is 156 Å². The summed E-state index contributed by atoms with van der Waals surface area (Å²) >= 11 is 0. The highest BCUT2D eigenvalue weighted by Gasteiger charge is 2.16. The maximum atomic E-state index is 2.41. The van der Waals surface area contributed by atoms with Crippen LogP contribution in [0.5, 0.6) is 0 Å². The van der Waals surface area contributed by atoms with Gasteiger partial charge in [0, 0.05) is 0 Å². The molecule has 0 bridgehead atoms. The molecule has 48 heavy (non-hydrogen) atoms. The molecule has 0 amide bonds. The van der Waals surface area contributed by atoms with E-state index < -0.39 is 0 Å². The SMILES string of the molecule is Cc1ccc(-c2cc(-c3cc(-c4ccc(C)cc4)c4cccc(-c5ccc(C)cc5)c4c3)cc3c(-c4ccc(C)cc4)cccc23)cc1. The van der Waals surface area contributed by atoms with Crippen LogP contribution in [0.4, 0.5) is 0 Å². The summed E-state index contributed by atoms with van der Waals surface area (Å²) in [5.41, 5.74) is 17.4. The molecule has 0 aliphatic heterocycles. The van der Waals surface area contributed by atoms with Gasteiger partial charge in [-0.05, 0) is 129 Å². The number of hydrogen-bond donors (Lipinski definition) is 0. The van der Waals surface area contributed by atoms with E-state index in [2.05, 4.69) is 185 Å². The summed E-state index contributed by atoms with van der Waals surface area (Å²) in [7, 11) is 0. The summed E-state index contributed by atoms with van der Waals surface area (Å²) < 4.78 is 0. The molecule has 0 aliphatic rings. The van der Waals surface area contributed by atoms with Crippen LogP contribution in [0.15, 0.2) is 158 Å². The Morgan fingerprint density at radius 1 is 0.229 bits per heavy atom. The Hall–Kier alpha value is -5.72. The number of hydrogen-bond acceptors (Lipinski definition) is 0. The van der Waals surface area contributed by atoms with Gasteiger partial charge in [-0.25, -0.2) is 0 Å². The molecule has 0 fully saturated rings. The first kappa shape index (κ1) is 29.7. The van der Waals surface area contributed by atoms with Crippen molar-refractivity contribution in [1.29, 1.82) is 0 Å². The van der Waals surface area contributed by atoms with Crippen LogP contribution < -0.4 is 0 Å². The van der Waals surface area contributed by atoms with Crippen LogP contribution >= 0.6 is 0 Å². The normalized spacial score (nSPS) is 11.3. The molecule has 0 heteroatoms. The quantitative estimate of drug-likeness (QED) is 0.181. The molecule has 8 aromatic carbocycles. The van der Waals surface area contributed by atoms with Crippen molar-refractivity contribution in [1.82, 2.24) is 0 Å². The molecular weight excluding hydrogens is 577 g/mol. The molecule has 0 aliphatic carbocycles. The summed E-state index contributed by atoms with van der Waals surface area (Å²) in [5, 5.41) is 5.05. The molecule has 0 nitrogen and oxygen atoms in total. The predicted molar refractivity (Wildman–Crippen MR) is 208 cm³/mol. The molecule has 0 spiro atoms. The van der Waals surface area contributed by atoms with Crippen molar-refractivity contribution in [3.8, 4) is 55.6 Å². The fraction of sp³-hybridized carbons (Fsp3) is 0.0833. The van der Waals surface area contributed by atoms with E-state index in [-0.39, 0.29) is 0 Å². The van der Waals surface area contributed by atoms with Gasteiger partial charge in [0.25, 0.3) is 0 Å². The maximum absolute atomic E-state index is 2.41. The highest BCUT2D eigenvalue weighted by molar-refractivity contribution is 6.10. The van der Waals surface area contributed by atoms with Crippen LogP contribution in [0, 0.1) is 27.7 Å². The fourth-order valence-corrected chi connectivity index (χ4v) is 7.02. The Kier molecular flexibility index (Phi) is 7.50. The Morgan fingerprint density at radius 3 is 0.833 bits per heavy atom. The van der Waals surface area contributed by atoms with E-state index in [1.807, 2.05) is 0 Å². The number of benzene rings is 8. The molecule has 0 heterocycles. The summed E-state index contributed by atoms with van der Waals surface area (Å²) in [6.45, 7) is 8.61. The fourth-order valence-electron chi connectivity index (χ4n) is 7.02. The topological polar surface area (TPSA) is 0 Å². The molecule has 0 radical (unpaired) electrons. The first-order valence-electron chi connectivity index (χ1n) is 16.8. The number of fused-ring (bicyclic) bond motifs is 2. The minimum atomic E-state index is 1.21. The second-order valence-corrected chi connectivity index (χ2v) is 13.3. The lowest BCUT2D eigenvalue weighted by Gasteiger charge is -2.18. The van der Waals surface area contributed by atoms with E-state index in [1.54, 1.807) is 0 Å². The molecule has 8 rings (SSSR count). The molecule has 0 saturated carbocycles. The molecule has 0 N–H and O–H groups in total. The molecular formula is C48H38. The van der Waals surface area contributed by atoms with Crippen LogP contribution in [0.25, 0.3) is 77.2 Å². The van der Waals surface area contributed by atoms with Crippen LogP contribution in [0.3, 0.4) is 0 Å². The summed E-state index contributed by atoms with van der Waals surface area (Å²) in [6, 6.07) is 58.9. The Morgan fingerprint density at radius 2 is 0.521 bits per heavy atom. The van der Waals surface area contributed by atoms with Gasteiger partial charge in [-0.2, -0.15) is 0 Å². The third kappa shape index (κ3) is 5.50. The summed E-state index contributed by atoms with van der Waals surface area (Å²) in [4.78, 5) is 0. The van der Waals surface area contributed by atoms with Crippen molar-refractivity contribution in [3.63, 3.8) is 0 Å². The second-order valence-electron chi connectivity index (χ2n) is 13.3. The Labute approximate surface area is 284 Å². The summed E-state index contributed by atoms with van der Waals surface area (Å²) in [6.07, 6.45) is 0. The van der Waals surface area contributed by atoms with Gasteiger partial charge in [0.2, 0.25) is 0 Å². The minimum absolute atomic E-state index is 1.21. The Bertz CT molecular complexity index is 2250. The van der Waals surface area contributed by atoms with Crippen molar-refractivity contribution in [2.75, 3.05) is 0 Å². The first-order chi connectivity index (χ1) is 23.4. The van der Waals surface area contributed by atoms with Gasteiger partial charge in [0.15, 0.2) is 0 Å². The molecule has 0 saturated heterocycles. The number of rotatable bonds is 5. The molecule has 230 valence electrons. The van der Waals surface area contributed by atoms with E-state index in [9.17, 15) is 0 Å². The van der Waals surface area contributed by atoms with E-state index in [1.165, 1.54) is 99.4 Å². The van der Waals surface area contributed by atoms with Crippen LogP contribution in [-0.4, -0.2) is 0 Å². The van der Waals surface area contributed by atoms with Gasteiger partial charge in [0.05, 0.1) is 0 Å². The van der Waals surface area contributed by atoms with Gasteiger partial charge in [-0.15, -0.1) is 0 Å².